The Hall–Kier alpha value is -3.35. The van der Waals surface area contributed by atoms with Gasteiger partial charge < -0.3 is 10.6 Å². The second-order valence-corrected chi connectivity index (χ2v) is 5.31. The van der Waals surface area contributed by atoms with Crippen LogP contribution in [0.4, 0.5) is 5.69 Å². The highest BCUT2D eigenvalue weighted by Crippen LogP contribution is 2.12. The number of amides is 1. The van der Waals surface area contributed by atoms with Gasteiger partial charge >= 0.3 is 0 Å². The molecule has 0 aromatic carbocycles. The summed E-state index contributed by atoms with van der Waals surface area (Å²) < 4.78 is 0. The fourth-order valence-corrected chi connectivity index (χ4v) is 2.19. The number of carbonyl (C=O) groups excluding carboxylic acids is 1. The zero-order valence-corrected chi connectivity index (χ0v) is 13.6. The molecule has 1 amide bonds. The number of anilines is 1. The fourth-order valence-electron chi connectivity index (χ4n) is 2.19. The van der Waals surface area contributed by atoms with Crippen molar-refractivity contribution in [2.45, 2.75) is 6.42 Å². The van der Waals surface area contributed by atoms with Crippen molar-refractivity contribution in [3.63, 3.8) is 0 Å². The van der Waals surface area contributed by atoms with Crippen molar-refractivity contribution < 1.29 is 4.79 Å². The normalized spacial score (nSPS) is 10.2. The number of nitrogens with zero attached hydrogens (tertiary/aromatic N) is 4. The van der Waals surface area contributed by atoms with E-state index >= 15 is 0 Å². The smallest absolute Gasteiger partial charge is 0.254 e. The van der Waals surface area contributed by atoms with Gasteiger partial charge in [0.25, 0.3) is 5.91 Å². The molecule has 3 aromatic rings. The zero-order chi connectivity index (χ0) is 17.3. The van der Waals surface area contributed by atoms with Crippen molar-refractivity contribution in [2.24, 2.45) is 0 Å². The molecule has 0 unspecified atom stereocenters. The molecule has 0 bridgehead atoms. The highest BCUT2D eigenvalue weighted by atomic mass is 16.1. The predicted octanol–water partition coefficient (Wildman–Crippen LogP) is 2.17. The quantitative estimate of drug-likeness (QED) is 0.643. The summed E-state index contributed by atoms with van der Waals surface area (Å²) in [6.45, 7) is 1.32. The summed E-state index contributed by atoms with van der Waals surface area (Å²) >= 11 is 0. The largest absolute Gasteiger partial charge is 0.384 e. The number of pyridine rings is 2. The molecule has 3 heterocycles. The molecule has 0 radical (unpaired) electrons. The summed E-state index contributed by atoms with van der Waals surface area (Å²) in [7, 11) is 0. The third kappa shape index (κ3) is 4.81. The molecule has 3 aromatic heterocycles. The molecule has 126 valence electrons. The first-order valence-electron chi connectivity index (χ1n) is 7.97. The van der Waals surface area contributed by atoms with Crippen LogP contribution in [0.3, 0.4) is 0 Å². The minimum atomic E-state index is -0.178. The Morgan fingerprint density at radius 1 is 0.920 bits per heavy atom. The SMILES string of the molecule is O=C(NCCCNc1cccnc1)c1cnc(-c2ccncc2)nc1. The van der Waals surface area contributed by atoms with Gasteiger partial charge in [-0.1, -0.05) is 0 Å². The maximum Gasteiger partial charge on any atom is 0.254 e. The van der Waals surface area contributed by atoms with E-state index in [0.29, 0.717) is 17.9 Å². The lowest BCUT2D eigenvalue weighted by atomic mass is 10.2. The molecule has 0 saturated carbocycles. The number of hydrogen-bond acceptors (Lipinski definition) is 6. The fraction of sp³-hybridized carbons (Fsp3) is 0.167. The predicted molar refractivity (Wildman–Crippen MR) is 94.9 cm³/mol. The minimum Gasteiger partial charge on any atom is -0.384 e. The molecule has 0 spiro atoms. The molecule has 0 aliphatic rings. The third-order valence-corrected chi connectivity index (χ3v) is 3.48. The van der Waals surface area contributed by atoms with Crippen LogP contribution in [0.2, 0.25) is 0 Å². The van der Waals surface area contributed by atoms with Gasteiger partial charge in [0.1, 0.15) is 0 Å². The van der Waals surface area contributed by atoms with E-state index in [9.17, 15) is 4.79 Å². The van der Waals surface area contributed by atoms with E-state index < -0.39 is 0 Å². The molecule has 2 N–H and O–H groups in total. The molecule has 25 heavy (non-hydrogen) atoms. The third-order valence-electron chi connectivity index (χ3n) is 3.48. The second kappa shape index (κ2) is 8.49. The van der Waals surface area contributed by atoms with Gasteiger partial charge in [-0.05, 0) is 30.7 Å². The van der Waals surface area contributed by atoms with Crippen LogP contribution in [0.5, 0.6) is 0 Å². The van der Waals surface area contributed by atoms with Gasteiger partial charge in [-0.15, -0.1) is 0 Å². The summed E-state index contributed by atoms with van der Waals surface area (Å²) in [5.41, 5.74) is 2.27. The summed E-state index contributed by atoms with van der Waals surface area (Å²) in [5, 5.41) is 6.10. The van der Waals surface area contributed by atoms with Gasteiger partial charge in [0.2, 0.25) is 0 Å². The van der Waals surface area contributed by atoms with E-state index in [2.05, 4.69) is 30.6 Å². The first-order chi connectivity index (χ1) is 12.3. The van der Waals surface area contributed by atoms with Crippen LogP contribution in [0.25, 0.3) is 11.4 Å². The van der Waals surface area contributed by atoms with Crippen LogP contribution in [-0.4, -0.2) is 38.9 Å². The number of aromatic nitrogens is 4. The van der Waals surface area contributed by atoms with E-state index in [-0.39, 0.29) is 5.91 Å². The van der Waals surface area contributed by atoms with Gasteiger partial charge in [0.05, 0.1) is 11.3 Å². The number of rotatable bonds is 7. The van der Waals surface area contributed by atoms with E-state index in [4.69, 9.17) is 0 Å². The van der Waals surface area contributed by atoms with E-state index in [1.165, 1.54) is 12.4 Å². The van der Waals surface area contributed by atoms with E-state index in [1.54, 1.807) is 24.8 Å². The number of hydrogen-bond donors (Lipinski definition) is 2. The van der Waals surface area contributed by atoms with Crippen molar-refractivity contribution in [3.05, 3.63) is 67.0 Å². The molecule has 0 fully saturated rings. The average Bonchev–Trinajstić information content (AvgIpc) is 2.69. The van der Waals surface area contributed by atoms with Crippen molar-refractivity contribution in [2.75, 3.05) is 18.4 Å². The summed E-state index contributed by atoms with van der Waals surface area (Å²) in [4.78, 5) is 28.6. The Morgan fingerprint density at radius 3 is 2.44 bits per heavy atom. The van der Waals surface area contributed by atoms with Crippen LogP contribution in [-0.2, 0) is 0 Å². The van der Waals surface area contributed by atoms with Crippen molar-refractivity contribution in [1.82, 2.24) is 25.3 Å². The lowest BCUT2D eigenvalue weighted by Gasteiger charge is -2.07. The topological polar surface area (TPSA) is 92.7 Å². The molecule has 0 aliphatic heterocycles. The van der Waals surface area contributed by atoms with E-state index in [0.717, 1.165) is 24.2 Å². The molecule has 0 saturated heterocycles. The summed E-state index contributed by atoms with van der Waals surface area (Å²) in [6, 6.07) is 7.47. The average molecular weight is 334 g/mol. The molecule has 3 rings (SSSR count). The van der Waals surface area contributed by atoms with Crippen LogP contribution in [0.15, 0.2) is 61.4 Å². The van der Waals surface area contributed by atoms with Gasteiger partial charge in [-0.25, -0.2) is 9.97 Å². The molecule has 7 nitrogen and oxygen atoms in total. The van der Waals surface area contributed by atoms with Gasteiger partial charge in [0.15, 0.2) is 5.82 Å². The summed E-state index contributed by atoms with van der Waals surface area (Å²) in [5.74, 6) is 0.391. The summed E-state index contributed by atoms with van der Waals surface area (Å²) in [6.07, 6.45) is 10.7. The van der Waals surface area contributed by atoms with Crippen LogP contribution >= 0.6 is 0 Å². The standard InChI is InChI=1S/C18H18N6O/c25-18(22-8-2-7-21-16-3-1-6-20-13-16)15-11-23-17(24-12-15)14-4-9-19-10-5-14/h1,3-6,9-13,21H,2,7-8H2,(H,22,25). The number of nitrogens with one attached hydrogen (secondary N) is 2. The number of carbonyl (C=O) groups is 1. The van der Waals surface area contributed by atoms with Gasteiger partial charge in [-0.3, -0.25) is 14.8 Å². The Labute approximate surface area is 145 Å². The zero-order valence-electron chi connectivity index (χ0n) is 13.6. The van der Waals surface area contributed by atoms with Gasteiger partial charge in [0, 0.05) is 55.8 Å². The Bertz CT molecular complexity index is 793. The van der Waals surface area contributed by atoms with Crippen LogP contribution in [0.1, 0.15) is 16.8 Å². The second-order valence-electron chi connectivity index (χ2n) is 5.31. The Kier molecular flexibility index (Phi) is 5.60. The maximum atomic E-state index is 12.1. The first-order valence-corrected chi connectivity index (χ1v) is 7.97. The first kappa shape index (κ1) is 16.5. The van der Waals surface area contributed by atoms with Crippen LogP contribution in [0, 0.1) is 0 Å². The molecular formula is C18H18N6O. The van der Waals surface area contributed by atoms with Crippen molar-refractivity contribution in [3.8, 4) is 11.4 Å². The van der Waals surface area contributed by atoms with Crippen molar-refractivity contribution >= 4 is 11.6 Å². The Balaban J connectivity index is 1.44. The lowest BCUT2D eigenvalue weighted by Crippen LogP contribution is -2.26. The highest BCUT2D eigenvalue weighted by Gasteiger charge is 2.07. The minimum absolute atomic E-state index is 0.178. The highest BCUT2D eigenvalue weighted by molar-refractivity contribution is 5.93. The van der Waals surface area contributed by atoms with Gasteiger partial charge in [-0.2, -0.15) is 0 Å². The van der Waals surface area contributed by atoms with E-state index in [1.807, 2.05) is 24.3 Å². The molecular weight excluding hydrogens is 316 g/mol. The lowest BCUT2D eigenvalue weighted by molar-refractivity contribution is 0.0953. The monoisotopic (exact) mass is 334 g/mol. The maximum absolute atomic E-state index is 12.1. The molecule has 0 aliphatic carbocycles. The van der Waals surface area contributed by atoms with Crippen LogP contribution < -0.4 is 10.6 Å². The molecule has 0 atom stereocenters. The molecule has 7 heteroatoms. The Morgan fingerprint density at radius 2 is 1.72 bits per heavy atom. The van der Waals surface area contributed by atoms with Crippen molar-refractivity contribution in [1.29, 1.82) is 0 Å².